The Labute approximate surface area is 117 Å². The number of amides is 2. The van der Waals surface area contributed by atoms with E-state index in [0.29, 0.717) is 11.7 Å². The van der Waals surface area contributed by atoms with Gasteiger partial charge in [0.05, 0.1) is 0 Å². The van der Waals surface area contributed by atoms with E-state index >= 15 is 0 Å². The number of urea groups is 1. The Bertz CT molecular complexity index is 566. The van der Waals surface area contributed by atoms with Gasteiger partial charge in [0.25, 0.3) is 0 Å². The summed E-state index contributed by atoms with van der Waals surface area (Å²) in [6, 6.07) is 9.45. The van der Waals surface area contributed by atoms with Crippen LogP contribution in [-0.2, 0) is 6.54 Å². The summed E-state index contributed by atoms with van der Waals surface area (Å²) in [5.74, 6) is 0.947. The summed E-state index contributed by atoms with van der Waals surface area (Å²) < 4.78 is 5.21. The van der Waals surface area contributed by atoms with E-state index < -0.39 is 0 Å². The van der Waals surface area contributed by atoms with E-state index in [9.17, 15) is 4.79 Å². The molecule has 0 aliphatic carbocycles. The Kier molecular flexibility index (Phi) is 4.34. The number of rotatable bonds is 4. The summed E-state index contributed by atoms with van der Waals surface area (Å²) in [6.07, 6.45) is 0. The molecule has 2 aromatic rings. The fraction of sp³-hybridized carbons (Fsp3) is 0.357. The van der Waals surface area contributed by atoms with Gasteiger partial charge in [-0.1, -0.05) is 35.5 Å². The molecule has 0 saturated heterocycles. The molecule has 1 aromatic carbocycles. The zero-order valence-electron chi connectivity index (χ0n) is 11.8. The van der Waals surface area contributed by atoms with Gasteiger partial charge in [0, 0.05) is 18.7 Å². The van der Waals surface area contributed by atoms with Crippen molar-refractivity contribution in [2.75, 3.05) is 7.05 Å². The first kappa shape index (κ1) is 14.0. The second kappa shape index (κ2) is 6.18. The fourth-order valence-electron chi connectivity index (χ4n) is 1.80. The summed E-state index contributed by atoms with van der Waals surface area (Å²) in [7, 11) is 1.60. The van der Waals surface area contributed by atoms with Crippen LogP contribution in [0.25, 0.3) is 11.4 Å². The average molecular weight is 274 g/mol. The first-order chi connectivity index (χ1) is 9.61. The molecule has 0 unspecified atom stereocenters. The van der Waals surface area contributed by atoms with Gasteiger partial charge in [-0.25, -0.2) is 4.79 Å². The predicted molar refractivity (Wildman–Crippen MR) is 74.9 cm³/mol. The largest absolute Gasteiger partial charge is 0.341 e. The van der Waals surface area contributed by atoms with E-state index in [4.69, 9.17) is 4.52 Å². The van der Waals surface area contributed by atoms with Gasteiger partial charge < -0.3 is 14.7 Å². The molecule has 6 nitrogen and oxygen atoms in total. The van der Waals surface area contributed by atoms with Crippen molar-refractivity contribution in [3.8, 4) is 11.4 Å². The van der Waals surface area contributed by atoms with Crippen LogP contribution in [0.5, 0.6) is 0 Å². The Balaban J connectivity index is 2.15. The number of nitrogens with one attached hydrogen (secondary N) is 1. The normalized spacial score (nSPS) is 10.6. The molecule has 2 rings (SSSR count). The number of carbonyl (C=O) groups excluding carboxylic acids is 1. The first-order valence-electron chi connectivity index (χ1n) is 6.48. The van der Waals surface area contributed by atoms with Crippen molar-refractivity contribution in [3.63, 3.8) is 0 Å². The molecule has 1 N–H and O–H groups in total. The van der Waals surface area contributed by atoms with Crippen molar-refractivity contribution in [3.05, 3.63) is 36.2 Å². The van der Waals surface area contributed by atoms with Crippen LogP contribution in [-0.4, -0.2) is 34.2 Å². The van der Waals surface area contributed by atoms with Gasteiger partial charge in [0.1, 0.15) is 6.54 Å². The second-order valence-corrected chi connectivity index (χ2v) is 4.65. The molecule has 0 fully saturated rings. The van der Waals surface area contributed by atoms with Gasteiger partial charge in [-0.05, 0) is 13.8 Å². The van der Waals surface area contributed by atoms with E-state index in [-0.39, 0.29) is 18.6 Å². The lowest BCUT2D eigenvalue weighted by Gasteiger charge is -2.24. The number of hydrogen-bond donors (Lipinski definition) is 1. The van der Waals surface area contributed by atoms with Crippen LogP contribution in [0.1, 0.15) is 19.7 Å². The van der Waals surface area contributed by atoms with Crippen LogP contribution >= 0.6 is 0 Å². The number of nitrogens with zero attached hydrogens (tertiary/aromatic N) is 3. The van der Waals surface area contributed by atoms with Crippen LogP contribution in [0, 0.1) is 0 Å². The molecule has 6 heteroatoms. The van der Waals surface area contributed by atoms with Crippen LogP contribution in [0.3, 0.4) is 0 Å². The molecule has 0 bridgehead atoms. The van der Waals surface area contributed by atoms with Crippen molar-refractivity contribution >= 4 is 6.03 Å². The highest BCUT2D eigenvalue weighted by Crippen LogP contribution is 2.16. The number of carbonyl (C=O) groups is 1. The van der Waals surface area contributed by atoms with Gasteiger partial charge in [0.2, 0.25) is 11.7 Å². The van der Waals surface area contributed by atoms with Gasteiger partial charge in [-0.15, -0.1) is 0 Å². The standard InChI is InChI=1S/C14H18N4O2/c1-10(2)18(14(19)15-3)9-12-16-13(17-20-12)11-7-5-4-6-8-11/h4-8,10H,9H2,1-3H3,(H,15,19). The van der Waals surface area contributed by atoms with Gasteiger partial charge in [0.15, 0.2) is 0 Å². The smallest absolute Gasteiger partial charge is 0.317 e. The molecule has 0 atom stereocenters. The summed E-state index contributed by atoms with van der Waals surface area (Å²) in [6.45, 7) is 4.16. The highest BCUT2D eigenvalue weighted by molar-refractivity contribution is 5.74. The Morgan fingerprint density at radius 1 is 1.35 bits per heavy atom. The maximum absolute atomic E-state index is 11.8. The zero-order valence-corrected chi connectivity index (χ0v) is 11.8. The van der Waals surface area contributed by atoms with E-state index in [1.807, 2.05) is 44.2 Å². The highest BCUT2D eigenvalue weighted by Gasteiger charge is 2.19. The molecular formula is C14H18N4O2. The topological polar surface area (TPSA) is 71.3 Å². The Hall–Kier alpha value is -2.37. The first-order valence-corrected chi connectivity index (χ1v) is 6.48. The third kappa shape index (κ3) is 3.14. The fourth-order valence-corrected chi connectivity index (χ4v) is 1.80. The quantitative estimate of drug-likeness (QED) is 0.928. The lowest BCUT2D eigenvalue weighted by molar-refractivity contribution is 0.171. The SMILES string of the molecule is CNC(=O)N(Cc1nc(-c2ccccc2)no1)C(C)C. The van der Waals surface area contributed by atoms with E-state index in [0.717, 1.165) is 5.56 Å². The second-order valence-electron chi connectivity index (χ2n) is 4.65. The lowest BCUT2D eigenvalue weighted by Crippen LogP contribution is -2.42. The molecule has 0 radical (unpaired) electrons. The third-order valence-corrected chi connectivity index (χ3v) is 2.90. The molecule has 0 aliphatic rings. The molecule has 0 saturated carbocycles. The maximum Gasteiger partial charge on any atom is 0.317 e. The molecule has 106 valence electrons. The van der Waals surface area contributed by atoms with E-state index in [2.05, 4.69) is 15.5 Å². The van der Waals surface area contributed by atoms with Crippen molar-refractivity contribution in [2.45, 2.75) is 26.4 Å². The molecule has 2 amide bonds. The van der Waals surface area contributed by atoms with Gasteiger partial charge in [-0.2, -0.15) is 4.98 Å². The maximum atomic E-state index is 11.8. The lowest BCUT2D eigenvalue weighted by atomic mass is 10.2. The van der Waals surface area contributed by atoms with Crippen molar-refractivity contribution in [2.24, 2.45) is 0 Å². The van der Waals surface area contributed by atoms with Crippen LogP contribution in [0.2, 0.25) is 0 Å². The predicted octanol–water partition coefficient (Wildman–Crippen LogP) is 2.29. The van der Waals surface area contributed by atoms with Crippen molar-refractivity contribution in [1.29, 1.82) is 0 Å². The van der Waals surface area contributed by atoms with E-state index in [1.165, 1.54) is 0 Å². The molecular weight excluding hydrogens is 256 g/mol. The molecule has 20 heavy (non-hydrogen) atoms. The summed E-state index contributed by atoms with van der Waals surface area (Å²) in [5.41, 5.74) is 0.888. The molecule has 1 aromatic heterocycles. The van der Waals surface area contributed by atoms with Crippen molar-refractivity contribution in [1.82, 2.24) is 20.4 Å². The summed E-state index contributed by atoms with van der Waals surface area (Å²) in [4.78, 5) is 17.7. The van der Waals surface area contributed by atoms with Gasteiger partial charge in [-0.3, -0.25) is 0 Å². The minimum atomic E-state index is -0.167. The van der Waals surface area contributed by atoms with Gasteiger partial charge >= 0.3 is 6.03 Å². The number of aromatic nitrogens is 2. The Morgan fingerprint density at radius 2 is 2.05 bits per heavy atom. The average Bonchev–Trinajstić information content (AvgIpc) is 2.93. The monoisotopic (exact) mass is 274 g/mol. The summed E-state index contributed by atoms with van der Waals surface area (Å²) in [5, 5.41) is 6.54. The van der Waals surface area contributed by atoms with E-state index in [1.54, 1.807) is 11.9 Å². The van der Waals surface area contributed by atoms with Crippen LogP contribution in [0.15, 0.2) is 34.9 Å². The molecule has 0 aliphatic heterocycles. The number of hydrogen-bond acceptors (Lipinski definition) is 4. The molecule has 1 heterocycles. The molecule has 0 spiro atoms. The Morgan fingerprint density at radius 3 is 2.65 bits per heavy atom. The van der Waals surface area contributed by atoms with Crippen LogP contribution in [0.4, 0.5) is 4.79 Å². The third-order valence-electron chi connectivity index (χ3n) is 2.90. The van der Waals surface area contributed by atoms with Crippen molar-refractivity contribution < 1.29 is 9.32 Å². The minimum absolute atomic E-state index is 0.0435. The zero-order chi connectivity index (χ0) is 14.5. The minimum Gasteiger partial charge on any atom is -0.341 e. The number of benzene rings is 1. The summed E-state index contributed by atoms with van der Waals surface area (Å²) >= 11 is 0. The highest BCUT2D eigenvalue weighted by atomic mass is 16.5. The van der Waals surface area contributed by atoms with Crippen LogP contribution < -0.4 is 5.32 Å².